The van der Waals surface area contributed by atoms with E-state index in [0.717, 1.165) is 12.8 Å². The van der Waals surface area contributed by atoms with Crippen LogP contribution >= 0.6 is 0 Å². The molecule has 0 N–H and O–H groups in total. The van der Waals surface area contributed by atoms with Crippen LogP contribution in [-0.2, 0) is 78.3 Å². The van der Waals surface area contributed by atoms with Crippen molar-refractivity contribution in [2.45, 2.75) is 26.7 Å². The van der Waals surface area contributed by atoms with Gasteiger partial charge in [-0.25, -0.2) is 0 Å². The molecule has 0 heterocycles. The van der Waals surface area contributed by atoms with Gasteiger partial charge in [0.15, 0.2) is 0 Å². The summed E-state index contributed by atoms with van der Waals surface area (Å²) < 4.78 is 0. The average molecular weight is 568 g/mol. The fourth-order valence-corrected chi connectivity index (χ4v) is 2.99. The van der Waals surface area contributed by atoms with Gasteiger partial charge in [0, 0.05) is 0 Å². The Hall–Kier alpha value is -0.912. The molecule has 156 valence electrons. The smallest absolute Gasteiger partial charge is 0.358 e. The van der Waals surface area contributed by atoms with Crippen molar-refractivity contribution in [3.8, 4) is 0 Å². The molecule has 0 saturated heterocycles. The monoisotopic (exact) mass is 568 g/mol. The van der Waals surface area contributed by atoms with E-state index in [2.05, 4.69) is 86.6 Å². The van der Waals surface area contributed by atoms with E-state index < -0.39 is 0 Å². The minimum Gasteiger partial charge on any atom is -0.358 e. The molecule has 32 heavy (non-hydrogen) atoms. The molecule has 4 rings (SSSR count). The summed E-state index contributed by atoms with van der Waals surface area (Å²) in [6.45, 7) is 4.14. The maximum absolute atomic E-state index is 3.34. The van der Waals surface area contributed by atoms with Crippen LogP contribution in [0.4, 0.5) is 0 Å². The predicted octanol–water partition coefficient (Wildman–Crippen LogP) is 7.27. The van der Waals surface area contributed by atoms with E-state index in [4.69, 9.17) is 0 Å². The molecule has 0 nitrogen and oxygen atoms in total. The molecule has 0 aliphatic heterocycles. The molecular weight excluding hydrogens is 538 g/mol. The molecule has 0 bridgehead atoms. The molecule has 4 aromatic rings. The fraction of sp³-hybridized carbons (Fsp3) is 0.133. The fourth-order valence-electron chi connectivity index (χ4n) is 2.99. The second kappa shape index (κ2) is 18.5. The van der Waals surface area contributed by atoms with Crippen LogP contribution in [0.1, 0.15) is 33.4 Å². The second-order valence-electron chi connectivity index (χ2n) is 6.85. The number of hydrogen-bond donors (Lipinski definition) is 0. The van der Waals surface area contributed by atoms with E-state index >= 15 is 0 Å². The molecule has 0 aliphatic carbocycles. The Labute approximate surface area is 247 Å². The van der Waals surface area contributed by atoms with E-state index in [0.29, 0.717) is 0 Å². The summed E-state index contributed by atoms with van der Waals surface area (Å²) in [4.78, 5) is 0. The van der Waals surface area contributed by atoms with E-state index in [1.165, 1.54) is 33.4 Å². The predicted molar refractivity (Wildman–Crippen MR) is 129 cm³/mol. The van der Waals surface area contributed by atoms with Crippen LogP contribution in [0.15, 0.2) is 84.9 Å². The van der Waals surface area contributed by atoms with Gasteiger partial charge < -0.3 is 14.9 Å². The van der Waals surface area contributed by atoms with Crippen LogP contribution in [0.25, 0.3) is 0 Å². The van der Waals surface area contributed by atoms with Crippen LogP contribution in [0.2, 0.25) is 0 Å². The van der Waals surface area contributed by atoms with Crippen molar-refractivity contribution in [2.24, 2.45) is 0 Å². The Morgan fingerprint density at radius 2 is 0.875 bits per heavy atom. The van der Waals surface area contributed by atoms with Gasteiger partial charge in [-0.3, -0.25) is 0 Å². The van der Waals surface area contributed by atoms with Crippen LogP contribution in [0, 0.1) is 53.0 Å². The van der Waals surface area contributed by atoms with Crippen LogP contribution in [0.3, 0.4) is 0 Å². The molecule has 2 heteroatoms. The van der Waals surface area contributed by atoms with Crippen molar-refractivity contribution < 1.29 is 65.4 Å². The minimum atomic E-state index is 0. The molecular formula is C30H30Y2. The van der Waals surface area contributed by atoms with Gasteiger partial charge in [-0.2, -0.15) is 143 Å². The maximum Gasteiger partial charge on any atom is 3.00 e. The molecule has 0 atom stereocenters. The summed E-state index contributed by atoms with van der Waals surface area (Å²) in [7, 11) is 0. The minimum absolute atomic E-state index is 0. The summed E-state index contributed by atoms with van der Waals surface area (Å²) >= 11 is 0. The summed E-state index contributed by atoms with van der Waals surface area (Å²) in [6.07, 6.45) is 1.84. The largest absolute Gasteiger partial charge is 3.00 e. The van der Waals surface area contributed by atoms with Gasteiger partial charge in [-0.1, -0.05) is 13.8 Å². The Morgan fingerprint density at radius 3 is 1.19 bits per heavy atom. The van der Waals surface area contributed by atoms with Crippen LogP contribution in [-0.4, -0.2) is 0 Å². The Bertz CT molecular complexity index is 897. The van der Waals surface area contributed by atoms with Crippen molar-refractivity contribution in [3.63, 3.8) is 0 Å². The summed E-state index contributed by atoms with van der Waals surface area (Å²) in [6, 6.07) is 41.7. The zero-order valence-corrected chi connectivity index (χ0v) is 25.3. The molecule has 0 fully saturated rings. The summed E-state index contributed by atoms with van der Waals surface area (Å²) in [5, 5.41) is 0. The molecule has 0 aliphatic rings. The van der Waals surface area contributed by atoms with Crippen molar-refractivity contribution in [3.05, 3.63) is 157 Å². The van der Waals surface area contributed by atoms with Crippen molar-refractivity contribution >= 4 is 0 Å². The van der Waals surface area contributed by atoms with Crippen molar-refractivity contribution in [1.29, 1.82) is 0 Å². The second-order valence-corrected chi connectivity index (χ2v) is 6.85. The molecule has 0 spiro atoms. The Balaban J connectivity index is 0. The zero-order valence-electron chi connectivity index (χ0n) is 19.7. The van der Waals surface area contributed by atoms with Crippen LogP contribution < -0.4 is 0 Å². The third kappa shape index (κ3) is 12.4. The quantitative estimate of drug-likeness (QED) is 0.227. The van der Waals surface area contributed by atoms with Crippen molar-refractivity contribution in [1.82, 2.24) is 0 Å². The molecule has 0 saturated carbocycles. The Kier molecular flexibility index (Phi) is 19.2. The first-order chi connectivity index (χ1) is 13.7. The summed E-state index contributed by atoms with van der Waals surface area (Å²) in [5.41, 5.74) is 7.28. The van der Waals surface area contributed by atoms with Crippen molar-refractivity contribution in [2.75, 3.05) is 0 Å². The Morgan fingerprint density at radius 1 is 0.500 bits per heavy atom. The zero-order chi connectivity index (χ0) is 19.6. The number of aryl methyl sites for hydroxylation is 2. The van der Waals surface area contributed by atoms with Gasteiger partial charge in [0.2, 0.25) is 0 Å². The number of benzene rings is 4. The van der Waals surface area contributed by atoms with Gasteiger partial charge in [0.05, 0.1) is 0 Å². The summed E-state index contributed by atoms with van der Waals surface area (Å²) in [5.74, 6) is 0. The van der Waals surface area contributed by atoms with Gasteiger partial charge >= 0.3 is 65.4 Å². The first kappa shape index (κ1) is 33.3. The van der Waals surface area contributed by atoms with Gasteiger partial charge in [0.25, 0.3) is 0 Å². The molecule has 0 amide bonds. The maximum atomic E-state index is 3.34. The third-order valence-corrected chi connectivity index (χ3v) is 4.31. The first-order valence-electron chi connectivity index (χ1n) is 9.56. The molecule has 0 aromatic heterocycles. The third-order valence-electron chi connectivity index (χ3n) is 4.31. The normalized spacial score (nSPS) is 8.81. The topological polar surface area (TPSA) is 0 Å². The van der Waals surface area contributed by atoms with E-state index in [1.54, 1.807) is 0 Å². The van der Waals surface area contributed by atoms with Gasteiger partial charge in [-0.15, -0.1) is 0 Å². The SMILES string of the molecule is Cc1[c-]c(Cc2[c-]cccc2)ccc1.Cc1[c-]c(Cc2[c-]cccc2)ccc1.[CH3-].[CH3-].[Y+3].[Y+3]. The van der Waals surface area contributed by atoms with Gasteiger partial charge in [0.1, 0.15) is 0 Å². The molecule has 0 unspecified atom stereocenters. The standard InChI is InChI=1S/2C14H12.2CH3.2Y/c2*1-12-6-5-9-14(10-12)11-13-7-3-2-4-8-13;;;;/h2*2-7,9H,11H2,1H3;2*1H3;;/q2*-2;2*-1;2*+3. The average Bonchev–Trinajstić information content (AvgIpc) is 2.70. The first-order valence-corrected chi connectivity index (χ1v) is 9.56. The number of hydrogen-bond acceptors (Lipinski definition) is 0. The van der Waals surface area contributed by atoms with Crippen LogP contribution in [0.5, 0.6) is 0 Å². The van der Waals surface area contributed by atoms with Gasteiger partial charge in [-0.05, 0) is 12.8 Å². The molecule has 4 aromatic carbocycles. The van der Waals surface area contributed by atoms with E-state index in [1.807, 2.05) is 36.4 Å². The number of rotatable bonds is 4. The van der Waals surface area contributed by atoms with E-state index in [9.17, 15) is 0 Å². The molecule has 0 radical (unpaired) electrons. The van der Waals surface area contributed by atoms with E-state index in [-0.39, 0.29) is 80.3 Å².